The number of benzene rings is 2. The largest absolute Gasteiger partial charge is 0.381 e. The Kier molecular flexibility index (Phi) is 4.08. The summed E-state index contributed by atoms with van der Waals surface area (Å²) in [5, 5.41) is 3.38. The molecule has 1 amide bonds. The maximum Gasteiger partial charge on any atom is 0.249 e. The predicted octanol–water partition coefficient (Wildman–Crippen LogP) is 3.32. The highest BCUT2D eigenvalue weighted by Gasteiger charge is 2.08. The summed E-state index contributed by atoms with van der Waals surface area (Å²) in [5.41, 5.74) is 11.5. The molecule has 0 spiro atoms. The van der Waals surface area contributed by atoms with E-state index in [0.717, 1.165) is 17.8 Å². The van der Waals surface area contributed by atoms with Gasteiger partial charge in [0.1, 0.15) is 0 Å². The van der Waals surface area contributed by atoms with Crippen LogP contribution in [0, 0.1) is 20.8 Å². The Hall–Kier alpha value is -2.29. The second-order valence-corrected chi connectivity index (χ2v) is 5.13. The summed E-state index contributed by atoms with van der Waals surface area (Å²) in [6.07, 6.45) is 0. The third kappa shape index (κ3) is 2.99. The highest BCUT2D eigenvalue weighted by atomic mass is 16.1. The zero-order valence-corrected chi connectivity index (χ0v) is 12.2. The molecule has 0 atom stereocenters. The molecular formula is C17H20N2O. The van der Waals surface area contributed by atoms with Crippen LogP contribution in [0.15, 0.2) is 36.4 Å². The van der Waals surface area contributed by atoms with Crippen LogP contribution in [0.1, 0.15) is 32.6 Å². The first kappa shape index (κ1) is 14.1. The van der Waals surface area contributed by atoms with E-state index in [2.05, 4.69) is 37.4 Å². The molecule has 2 aromatic rings. The molecule has 3 N–H and O–H groups in total. The smallest absolute Gasteiger partial charge is 0.249 e. The Morgan fingerprint density at radius 3 is 2.60 bits per heavy atom. The molecule has 0 aliphatic carbocycles. The Morgan fingerprint density at radius 1 is 1.15 bits per heavy atom. The second-order valence-electron chi connectivity index (χ2n) is 5.13. The molecular weight excluding hydrogens is 248 g/mol. The fourth-order valence-electron chi connectivity index (χ4n) is 2.28. The van der Waals surface area contributed by atoms with Gasteiger partial charge >= 0.3 is 0 Å². The average molecular weight is 268 g/mol. The summed E-state index contributed by atoms with van der Waals surface area (Å²) in [6.45, 7) is 6.83. The van der Waals surface area contributed by atoms with Gasteiger partial charge in [0.2, 0.25) is 5.91 Å². The number of nitrogens with one attached hydrogen (secondary N) is 1. The van der Waals surface area contributed by atoms with Gasteiger partial charge in [-0.3, -0.25) is 4.79 Å². The molecule has 0 heterocycles. The summed E-state index contributed by atoms with van der Waals surface area (Å²) >= 11 is 0. The van der Waals surface area contributed by atoms with Crippen molar-refractivity contribution < 1.29 is 4.79 Å². The van der Waals surface area contributed by atoms with E-state index in [9.17, 15) is 4.79 Å². The first-order valence-electron chi connectivity index (χ1n) is 6.68. The van der Waals surface area contributed by atoms with E-state index in [1.165, 1.54) is 16.7 Å². The van der Waals surface area contributed by atoms with Crippen molar-refractivity contribution in [1.29, 1.82) is 0 Å². The minimum Gasteiger partial charge on any atom is -0.381 e. The zero-order chi connectivity index (χ0) is 14.7. The number of anilines is 1. The van der Waals surface area contributed by atoms with Crippen molar-refractivity contribution in [3.8, 4) is 0 Å². The van der Waals surface area contributed by atoms with Gasteiger partial charge in [0.25, 0.3) is 0 Å². The lowest BCUT2D eigenvalue weighted by atomic mass is 10.0. The highest BCUT2D eigenvalue weighted by Crippen LogP contribution is 2.20. The first-order valence-corrected chi connectivity index (χ1v) is 6.68. The van der Waals surface area contributed by atoms with Gasteiger partial charge in [-0.15, -0.1) is 0 Å². The van der Waals surface area contributed by atoms with Crippen LogP contribution in [0.2, 0.25) is 0 Å². The number of rotatable bonds is 4. The monoisotopic (exact) mass is 268 g/mol. The zero-order valence-electron chi connectivity index (χ0n) is 12.2. The quantitative estimate of drug-likeness (QED) is 0.893. The minimum atomic E-state index is -0.391. The normalized spacial score (nSPS) is 10.3. The van der Waals surface area contributed by atoms with Crippen LogP contribution < -0.4 is 11.1 Å². The molecule has 0 bridgehead atoms. The number of aryl methyl sites for hydroxylation is 2. The molecule has 0 aliphatic rings. The fraction of sp³-hybridized carbons (Fsp3) is 0.235. The molecule has 0 fully saturated rings. The number of carbonyl (C=O) groups excluding carboxylic acids is 1. The van der Waals surface area contributed by atoms with Gasteiger partial charge in [-0.25, -0.2) is 0 Å². The average Bonchev–Trinajstić information content (AvgIpc) is 2.41. The van der Waals surface area contributed by atoms with E-state index in [1.54, 1.807) is 6.07 Å². The summed E-state index contributed by atoms with van der Waals surface area (Å²) in [7, 11) is 0. The molecule has 0 saturated heterocycles. The molecule has 0 aliphatic heterocycles. The third-order valence-electron chi connectivity index (χ3n) is 3.57. The summed E-state index contributed by atoms with van der Waals surface area (Å²) in [4.78, 5) is 11.3. The van der Waals surface area contributed by atoms with E-state index in [4.69, 9.17) is 5.73 Å². The number of carbonyl (C=O) groups is 1. The Morgan fingerprint density at radius 2 is 1.90 bits per heavy atom. The molecule has 20 heavy (non-hydrogen) atoms. The van der Waals surface area contributed by atoms with Crippen LogP contribution in [0.4, 0.5) is 5.69 Å². The van der Waals surface area contributed by atoms with Gasteiger partial charge in [-0.2, -0.15) is 0 Å². The fourth-order valence-corrected chi connectivity index (χ4v) is 2.28. The van der Waals surface area contributed by atoms with E-state index in [0.29, 0.717) is 5.56 Å². The Labute approximate surface area is 119 Å². The Balaban J connectivity index is 2.21. The van der Waals surface area contributed by atoms with Crippen molar-refractivity contribution >= 4 is 11.6 Å². The van der Waals surface area contributed by atoms with E-state index in [-0.39, 0.29) is 0 Å². The molecule has 3 nitrogen and oxygen atoms in total. The predicted molar refractivity (Wildman–Crippen MR) is 82.9 cm³/mol. The van der Waals surface area contributed by atoms with Crippen LogP contribution in [-0.2, 0) is 6.54 Å². The maximum atomic E-state index is 11.3. The highest BCUT2D eigenvalue weighted by molar-refractivity contribution is 5.95. The molecule has 2 rings (SSSR count). The minimum absolute atomic E-state index is 0.391. The number of hydrogen-bond donors (Lipinski definition) is 2. The van der Waals surface area contributed by atoms with Gasteiger partial charge in [0.05, 0.1) is 0 Å². The summed E-state index contributed by atoms with van der Waals surface area (Å²) in [6, 6.07) is 12.0. The van der Waals surface area contributed by atoms with Crippen molar-refractivity contribution in [3.05, 3.63) is 64.2 Å². The number of primary amides is 1. The van der Waals surface area contributed by atoms with E-state index >= 15 is 0 Å². The van der Waals surface area contributed by atoms with Crippen molar-refractivity contribution in [2.75, 3.05) is 5.32 Å². The van der Waals surface area contributed by atoms with E-state index < -0.39 is 5.91 Å². The number of nitrogens with two attached hydrogens (primary N) is 1. The maximum absolute atomic E-state index is 11.3. The molecule has 0 radical (unpaired) electrons. The number of amides is 1. The van der Waals surface area contributed by atoms with Crippen LogP contribution in [0.3, 0.4) is 0 Å². The molecule has 0 saturated carbocycles. The lowest BCUT2D eigenvalue weighted by Gasteiger charge is -2.13. The second kappa shape index (κ2) is 5.78. The van der Waals surface area contributed by atoms with Gasteiger partial charge < -0.3 is 11.1 Å². The molecule has 0 unspecified atom stereocenters. The summed E-state index contributed by atoms with van der Waals surface area (Å²) < 4.78 is 0. The van der Waals surface area contributed by atoms with Gasteiger partial charge in [0.15, 0.2) is 0 Å². The van der Waals surface area contributed by atoms with Crippen LogP contribution in [-0.4, -0.2) is 5.91 Å². The number of hydrogen-bond acceptors (Lipinski definition) is 2. The van der Waals surface area contributed by atoms with Crippen LogP contribution in [0.25, 0.3) is 0 Å². The first-order chi connectivity index (χ1) is 9.49. The van der Waals surface area contributed by atoms with Crippen molar-refractivity contribution in [2.45, 2.75) is 27.3 Å². The summed E-state index contributed by atoms with van der Waals surface area (Å²) in [5.74, 6) is -0.391. The van der Waals surface area contributed by atoms with Crippen molar-refractivity contribution in [1.82, 2.24) is 0 Å². The van der Waals surface area contributed by atoms with Crippen molar-refractivity contribution in [3.63, 3.8) is 0 Å². The molecule has 0 aromatic heterocycles. The topological polar surface area (TPSA) is 55.1 Å². The van der Waals surface area contributed by atoms with Crippen LogP contribution >= 0.6 is 0 Å². The van der Waals surface area contributed by atoms with Gasteiger partial charge in [-0.05, 0) is 49.6 Å². The SMILES string of the molecule is Cc1ccc(C)c(CNc2cccc(C(N)=O)c2C)c1. The molecule has 2 aromatic carbocycles. The Bertz CT molecular complexity index is 647. The van der Waals surface area contributed by atoms with Gasteiger partial charge in [-0.1, -0.05) is 29.8 Å². The lowest BCUT2D eigenvalue weighted by molar-refractivity contribution is 0.1000. The molecule has 3 heteroatoms. The lowest BCUT2D eigenvalue weighted by Crippen LogP contribution is -2.14. The third-order valence-corrected chi connectivity index (χ3v) is 3.57. The molecule has 104 valence electrons. The van der Waals surface area contributed by atoms with Gasteiger partial charge in [0, 0.05) is 17.8 Å². The van der Waals surface area contributed by atoms with E-state index in [1.807, 2.05) is 19.1 Å². The van der Waals surface area contributed by atoms with Crippen molar-refractivity contribution in [2.24, 2.45) is 5.73 Å². The van der Waals surface area contributed by atoms with Crippen LogP contribution in [0.5, 0.6) is 0 Å². The standard InChI is InChI=1S/C17H20N2O/c1-11-7-8-12(2)14(9-11)10-19-16-6-4-5-15(13(16)3)17(18)20/h4-9,19H,10H2,1-3H3,(H2,18,20).